The Bertz CT molecular complexity index is 1410. The molecule has 1 unspecified atom stereocenters. The second-order valence-corrected chi connectivity index (χ2v) is 14.1. The highest BCUT2D eigenvalue weighted by Crippen LogP contribution is 2.46. The van der Waals surface area contributed by atoms with E-state index in [9.17, 15) is 9.59 Å². The number of H-pyrrole nitrogens is 1. The van der Waals surface area contributed by atoms with Crippen molar-refractivity contribution in [3.05, 3.63) is 59.7 Å². The van der Waals surface area contributed by atoms with Gasteiger partial charge < -0.3 is 25.5 Å². The van der Waals surface area contributed by atoms with Crippen LogP contribution in [-0.2, 0) is 25.5 Å². The van der Waals surface area contributed by atoms with Crippen molar-refractivity contribution in [3.63, 3.8) is 0 Å². The summed E-state index contributed by atoms with van der Waals surface area (Å²) in [6, 6.07) is 11.8. The van der Waals surface area contributed by atoms with Gasteiger partial charge in [0.2, 0.25) is 0 Å². The highest BCUT2D eigenvalue weighted by Gasteiger charge is 2.55. The number of esters is 2. The molecule has 2 atom stereocenters. The lowest BCUT2D eigenvalue weighted by Gasteiger charge is -2.49. The highest BCUT2D eigenvalue weighted by atomic mass is 16.6. The summed E-state index contributed by atoms with van der Waals surface area (Å²) in [4.78, 5) is 40.6. The third kappa shape index (κ3) is 6.37. The number of ether oxygens (including phenoxy) is 2. The number of nitrogens with zero attached hydrogens (tertiary/aromatic N) is 2. The monoisotopic (exact) mass is 575 g/mol. The van der Waals surface area contributed by atoms with Crippen molar-refractivity contribution in [1.29, 1.82) is 0 Å². The number of benzene rings is 1. The fourth-order valence-electron chi connectivity index (χ4n) is 6.41. The SMILES string of the molecule is CC(C)(C)OC(=O)[C@H](c1nc2ccccc2[nH]1)[C@]1(NC2CCCc3cccnc32)CC[C@@](N)(C(=O)OC(C)(C)C)CC1. The number of hydrogen-bond donors (Lipinski definition) is 3. The van der Waals surface area contributed by atoms with Crippen LogP contribution in [0.15, 0.2) is 42.6 Å². The number of aromatic nitrogens is 3. The maximum atomic E-state index is 14.2. The van der Waals surface area contributed by atoms with Gasteiger partial charge in [-0.1, -0.05) is 18.2 Å². The lowest BCUT2D eigenvalue weighted by molar-refractivity contribution is -0.165. The Hall–Kier alpha value is -3.30. The fraction of sp³-hybridized carbons (Fsp3) is 0.576. The van der Waals surface area contributed by atoms with E-state index in [0.29, 0.717) is 31.5 Å². The molecule has 0 amide bonds. The van der Waals surface area contributed by atoms with Crippen molar-refractivity contribution in [2.24, 2.45) is 5.73 Å². The van der Waals surface area contributed by atoms with Crippen molar-refractivity contribution >= 4 is 23.0 Å². The molecule has 4 N–H and O–H groups in total. The first-order valence-electron chi connectivity index (χ1n) is 15.1. The standard InChI is InChI=1S/C33H45N5O4/c1-30(2,3)41-28(39)25(27-36-22-13-7-8-14-23(22)37-27)33(38-24-15-9-11-21-12-10-20-35-26(21)24)18-16-32(34,17-19-33)29(40)42-31(4,5)6/h7-8,10,12-14,20,24-25,38H,9,11,15-19,34H2,1-6H3,(H,36,37)/t24?,25-,32-,33-/m0/s1. The lowest BCUT2D eigenvalue weighted by Crippen LogP contribution is -2.63. The molecule has 0 spiro atoms. The predicted molar refractivity (Wildman–Crippen MR) is 162 cm³/mol. The summed E-state index contributed by atoms with van der Waals surface area (Å²) in [6.07, 6.45) is 6.26. The van der Waals surface area contributed by atoms with Gasteiger partial charge in [-0.2, -0.15) is 0 Å². The molecule has 0 radical (unpaired) electrons. The van der Waals surface area contributed by atoms with E-state index in [1.54, 1.807) is 0 Å². The largest absolute Gasteiger partial charge is 0.459 e. The van der Waals surface area contributed by atoms with Gasteiger partial charge in [-0.15, -0.1) is 0 Å². The van der Waals surface area contributed by atoms with Gasteiger partial charge >= 0.3 is 11.9 Å². The maximum absolute atomic E-state index is 14.2. The van der Waals surface area contributed by atoms with E-state index in [4.69, 9.17) is 25.2 Å². The zero-order chi connectivity index (χ0) is 30.3. The number of nitrogens with one attached hydrogen (secondary N) is 2. The van der Waals surface area contributed by atoms with Crippen LogP contribution >= 0.6 is 0 Å². The number of aromatic amines is 1. The molecule has 2 aliphatic carbocycles. The molecule has 2 aliphatic rings. The summed E-state index contributed by atoms with van der Waals surface area (Å²) in [5, 5.41) is 3.93. The summed E-state index contributed by atoms with van der Waals surface area (Å²) in [5.41, 5.74) is 7.29. The van der Waals surface area contributed by atoms with Crippen molar-refractivity contribution < 1.29 is 19.1 Å². The summed E-state index contributed by atoms with van der Waals surface area (Å²) in [7, 11) is 0. The van der Waals surface area contributed by atoms with Gasteiger partial charge in [-0.25, -0.2) is 4.98 Å². The van der Waals surface area contributed by atoms with Crippen LogP contribution in [0.3, 0.4) is 0 Å². The molecule has 226 valence electrons. The van der Waals surface area contributed by atoms with Crippen molar-refractivity contribution in [1.82, 2.24) is 20.3 Å². The molecule has 9 nitrogen and oxygen atoms in total. The van der Waals surface area contributed by atoms with E-state index in [2.05, 4.69) is 16.4 Å². The number of rotatable bonds is 6. The quantitative estimate of drug-likeness (QED) is 0.333. The number of aryl methyl sites for hydroxylation is 1. The summed E-state index contributed by atoms with van der Waals surface area (Å²) < 4.78 is 11.8. The maximum Gasteiger partial charge on any atom is 0.326 e. The molecule has 0 saturated heterocycles. The van der Waals surface area contributed by atoms with Crippen LogP contribution in [-0.4, -0.2) is 49.2 Å². The van der Waals surface area contributed by atoms with E-state index in [1.807, 2.05) is 78.1 Å². The van der Waals surface area contributed by atoms with Crippen molar-refractivity contribution in [2.45, 2.75) is 121 Å². The topological polar surface area (TPSA) is 132 Å². The molecule has 2 aromatic heterocycles. The van der Waals surface area contributed by atoms with Crippen molar-refractivity contribution in [3.8, 4) is 0 Å². The van der Waals surface area contributed by atoms with E-state index in [0.717, 1.165) is 36.0 Å². The van der Waals surface area contributed by atoms with E-state index in [-0.39, 0.29) is 12.0 Å². The third-order valence-corrected chi connectivity index (χ3v) is 8.37. The molecule has 5 rings (SSSR count). The molecule has 0 aliphatic heterocycles. The summed E-state index contributed by atoms with van der Waals surface area (Å²) in [6.45, 7) is 11.1. The van der Waals surface area contributed by atoms with Crippen LogP contribution in [0, 0.1) is 0 Å². The number of para-hydroxylation sites is 2. The van der Waals surface area contributed by atoms with Gasteiger partial charge in [0, 0.05) is 11.7 Å². The molecular weight excluding hydrogens is 530 g/mol. The minimum atomic E-state index is -1.16. The molecular formula is C33H45N5O4. The number of nitrogens with two attached hydrogens (primary N) is 1. The molecule has 42 heavy (non-hydrogen) atoms. The molecule has 1 aromatic carbocycles. The number of carbonyl (C=O) groups excluding carboxylic acids is 2. The number of hydrogen-bond acceptors (Lipinski definition) is 8. The van der Waals surface area contributed by atoms with Crippen molar-refractivity contribution in [2.75, 3.05) is 0 Å². The number of pyridine rings is 1. The number of carbonyl (C=O) groups is 2. The Morgan fingerprint density at radius 2 is 1.69 bits per heavy atom. The Kier molecular flexibility index (Phi) is 7.96. The Morgan fingerprint density at radius 1 is 1.00 bits per heavy atom. The fourth-order valence-corrected chi connectivity index (χ4v) is 6.41. The first kappa shape index (κ1) is 30.2. The van der Waals surface area contributed by atoms with Crippen LogP contribution in [0.5, 0.6) is 0 Å². The number of imidazole rings is 1. The Morgan fingerprint density at radius 3 is 2.36 bits per heavy atom. The van der Waals surface area contributed by atoms with Gasteiger partial charge in [0.25, 0.3) is 0 Å². The molecule has 1 fully saturated rings. The minimum absolute atomic E-state index is 0.0731. The van der Waals surface area contributed by atoms with Gasteiger partial charge in [-0.3, -0.25) is 14.6 Å². The van der Waals surface area contributed by atoms with E-state index in [1.165, 1.54) is 5.56 Å². The Balaban J connectivity index is 1.59. The smallest absolute Gasteiger partial charge is 0.326 e. The average Bonchev–Trinajstić information content (AvgIpc) is 3.32. The first-order chi connectivity index (χ1) is 19.7. The van der Waals surface area contributed by atoms with Gasteiger partial charge in [-0.05, 0) is 110 Å². The molecule has 2 heterocycles. The van der Waals surface area contributed by atoms with E-state index >= 15 is 0 Å². The van der Waals surface area contributed by atoms with Crippen LogP contribution in [0.25, 0.3) is 11.0 Å². The third-order valence-electron chi connectivity index (χ3n) is 8.37. The van der Waals surface area contributed by atoms with Crippen LogP contribution in [0.2, 0.25) is 0 Å². The van der Waals surface area contributed by atoms with Crippen LogP contribution < -0.4 is 11.1 Å². The van der Waals surface area contributed by atoms with E-state index < -0.39 is 34.2 Å². The van der Waals surface area contributed by atoms with Crippen LogP contribution in [0.4, 0.5) is 0 Å². The second-order valence-electron chi connectivity index (χ2n) is 14.1. The average molecular weight is 576 g/mol. The zero-order valence-electron chi connectivity index (χ0n) is 25.8. The highest BCUT2D eigenvalue weighted by molar-refractivity contribution is 5.84. The normalized spacial score (nSPS) is 25.5. The zero-order valence-corrected chi connectivity index (χ0v) is 25.8. The van der Waals surface area contributed by atoms with Crippen LogP contribution in [0.1, 0.15) is 109 Å². The van der Waals surface area contributed by atoms with Gasteiger partial charge in [0.1, 0.15) is 28.5 Å². The molecule has 1 saturated carbocycles. The molecule has 0 bridgehead atoms. The van der Waals surface area contributed by atoms with Gasteiger partial charge in [0.05, 0.1) is 22.8 Å². The molecule has 3 aromatic rings. The lowest BCUT2D eigenvalue weighted by atomic mass is 9.66. The number of fused-ring (bicyclic) bond motifs is 2. The first-order valence-corrected chi connectivity index (χ1v) is 15.1. The summed E-state index contributed by atoms with van der Waals surface area (Å²) in [5.74, 6) is -1.02. The second kappa shape index (κ2) is 11.1. The summed E-state index contributed by atoms with van der Waals surface area (Å²) >= 11 is 0. The molecule has 9 heteroatoms. The predicted octanol–water partition coefficient (Wildman–Crippen LogP) is 5.40. The minimum Gasteiger partial charge on any atom is -0.459 e. The van der Waals surface area contributed by atoms with Gasteiger partial charge in [0.15, 0.2) is 0 Å². The Labute approximate surface area is 248 Å².